The lowest BCUT2D eigenvalue weighted by Crippen LogP contribution is -2.15. The Bertz CT molecular complexity index is 790. The van der Waals surface area contributed by atoms with E-state index in [1.54, 1.807) is 31.2 Å². The van der Waals surface area contributed by atoms with E-state index >= 15 is 0 Å². The maximum atomic E-state index is 12.6. The van der Waals surface area contributed by atoms with E-state index < -0.39 is 10.0 Å². The van der Waals surface area contributed by atoms with Gasteiger partial charge < -0.3 is 9.47 Å². The van der Waals surface area contributed by atoms with Crippen molar-refractivity contribution in [3.8, 4) is 11.5 Å². The SMILES string of the molecule is COc1ccc(OC)c(S(=O)(=O)Nc2cccc(Cl)c2C)c1. The molecule has 0 radical (unpaired) electrons. The third-order valence-corrected chi connectivity index (χ3v) is 4.97. The Balaban J connectivity index is 2.48. The first-order valence-corrected chi connectivity index (χ1v) is 8.25. The van der Waals surface area contributed by atoms with Crippen LogP contribution in [0.15, 0.2) is 41.3 Å². The first-order chi connectivity index (χ1) is 10.4. The van der Waals surface area contributed by atoms with Gasteiger partial charge in [0.25, 0.3) is 10.0 Å². The van der Waals surface area contributed by atoms with Crippen molar-refractivity contribution < 1.29 is 17.9 Å². The third-order valence-electron chi connectivity index (χ3n) is 3.17. The number of ether oxygens (including phenoxy) is 2. The van der Waals surface area contributed by atoms with Gasteiger partial charge in [-0.3, -0.25) is 4.72 Å². The summed E-state index contributed by atoms with van der Waals surface area (Å²) in [6, 6.07) is 9.59. The molecule has 0 saturated heterocycles. The van der Waals surface area contributed by atoms with Crippen LogP contribution in [0.4, 0.5) is 5.69 Å². The van der Waals surface area contributed by atoms with Gasteiger partial charge in [-0.15, -0.1) is 0 Å². The first-order valence-electron chi connectivity index (χ1n) is 6.39. The topological polar surface area (TPSA) is 64.6 Å². The Morgan fingerprint density at radius 3 is 2.45 bits per heavy atom. The van der Waals surface area contributed by atoms with Crippen LogP contribution in [0.5, 0.6) is 11.5 Å². The molecule has 2 aromatic rings. The summed E-state index contributed by atoms with van der Waals surface area (Å²) < 4.78 is 38.0. The molecule has 2 rings (SSSR count). The van der Waals surface area contributed by atoms with Gasteiger partial charge in [-0.2, -0.15) is 0 Å². The van der Waals surface area contributed by atoms with Crippen molar-refractivity contribution >= 4 is 27.3 Å². The monoisotopic (exact) mass is 341 g/mol. The van der Waals surface area contributed by atoms with E-state index in [1.165, 1.54) is 26.4 Å². The molecule has 0 spiro atoms. The van der Waals surface area contributed by atoms with Crippen molar-refractivity contribution in [2.75, 3.05) is 18.9 Å². The lowest BCUT2D eigenvalue weighted by Gasteiger charge is -2.14. The molecular weight excluding hydrogens is 326 g/mol. The van der Waals surface area contributed by atoms with Crippen molar-refractivity contribution in [3.05, 3.63) is 47.0 Å². The van der Waals surface area contributed by atoms with E-state index in [-0.39, 0.29) is 10.6 Å². The number of hydrogen-bond acceptors (Lipinski definition) is 4. The molecular formula is C15H16ClNO4S. The molecule has 0 aliphatic carbocycles. The van der Waals surface area contributed by atoms with Gasteiger partial charge in [-0.25, -0.2) is 8.42 Å². The van der Waals surface area contributed by atoms with E-state index in [2.05, 4.69) is 4.72 Å². The third kappa shape index (κ3) is 3.28. The maximum Gasteiger partial charge on any atom is 0.265 e. The predicted molar refractivity (Wildman–Crippen MR) is 86.5 cm³/mol. The highest BCUT2D eigenvalue weighted by Gasteiger charge is 2.21. The van der Waals surface area contributed by atoms with Crippen LogP contribution < -0.4 is 14.2 Å². The lowest BCUT2D eigenvalue weighted by atomic mass is 10.2. The summed E-state index contributed by atoms with van der Waals surface area (Å²) in [6.07, 6.45) is 0. The van der Waals surface area contributed by atoms with Crippen LogP contribution in [0.2, 0.25) is 5.02 Å². The fourth-order valence-electron chi connectivity index (χ4n) is 1.91. The predicted octanol–water partition coefficient (Wildman–Crippen LogP) is 3.47. The molecule has 0 fully saturated rings. The first kappa shape index (κ1) is 16.5. The normalized spacial score (nSPS) is 11.1. The Labute approximate surface area is 134 Å². The van der Waals surface area contributed by atoms with Crippen LogP contribution in [0.25, 0.3) is 0 Å². The maximum absolute atomic E-state index is 12.6. The van der Waals surface area contributed by atoms with Crippen LogP contribution in [0, 0.1) is 6.92 Å². The molecule has 0 bridgehead atoms. The number of rotatable bonds is 5. The molecule has 0 atom stereocenters. The zero-order chi connectivity index (χ0) is 16.3. The minimum Gasteiger partial charge on any atom is -0.497 e. The minimum absolute atomic E-state index is 0.00581. The number of benzene rings is 2. The zero-order valence-electron chi connectivity index (χ0n) is 12.4. The van der Waals surface area contributed by atoms with Crippen LogP contribution >= 0.6 is 11.6 Å². The highest BCUT2D eigenvalue weighted by molar-refractivity contribution is 7.92. The van der Waals surface area contributed by atoms with E-state index in [9.17, 15) is 8.42 Å². The summed E-state index contributed by atoms with van der Waals surface area (Å²) in [6.45, 7) is 1.74. The number of nitrogens with one attached hydrogen (secondary N) is 1. The molecule has 0 aliphatic heterocycles. The summed E-state index contributed by atoms with van der Waals surface area (Å²) in [7, 11) is -0.968. The van der Waals surface area contributed by atoms with Gasteiger partial charge in [0.1, 0.15) is 16.4 Å². The van der Waals surface area contributed by atoms with Crippen molar-refractivity contribution in [2.45, 2.75) is 11.8 Å². The highest BCUT2D eigenvalue weighted by Crippen LogP contribution is 2.31. The largest absolute Gasteiger partial charge is 0.497 e. The van der Waals surface area contributed by atoms with Crippen molar-refractivity contribution in [3.63, 3.8) is 0 Å². The standard InChI is InChI=1S/C15H16ClNO4S/c1-10-12(16)5-4-6-13(10)17-22(18,19)15-9-11(20-2)7-8-14(15)21-3/h4-9,17H,1-3H3. The Kier molecular flexibility index (Phi) is 4.83. The Hall–Kier alpha value is -1.92. The second-order valence-corrected chi connectivity index (χ2v) is 6.59. The molecule has 0 amide bonds. The van der Waals surface area contributed by atoms with Gasteiger partial charge in [0.2, 0.25) is 0 Å². The van der Waals surface area contributed by atoms with Crippen LogP contribution in [-0.2, 0) is 10.0 Å². The van der Waals surface area contributed by atoms with Crippen LogP contribution in [-0.4, -0.2) is 22.6 Å². The number of methoxy groups -OCH3 is 2. The molecule has 7 heteroatoms. The van der Waals surface area contributed by atoms with Crippen molar-refractivity contribution in [2.24, 2.45) is 0 Å². The number of hydrogen-bond donors (Lipinski definition) is 1. The van der Waals surface area contributed by atoms with Crippen LogP contribution in [0.3, 0.4) is 0 Å². The summed E-state index contributed by atoms with van der Waals surface area (Å²) in [4.78, 5) is -0.00581. The fraction of sp³-hybridized carbons (Fsp3) is 0.200. The quantitative estimate of drug-likeness (QED) is 0.904. The van der Waals surface area contributed by atoms with Gasteiger partial charge in [0.15, 0.2) is 0 Å². The zero-order valence-corrected chi connectivity index (χ0v) is 14.0. The second-order valence-electron chi connectivity index (χ2n) is 4.53. The fourth-order valence-corrected chi connectivity index (χ4v) is 3.39. The molecule has 22 heavy (non-hydrogen) atoms. The summed E-state index contributed by atoms with van der Waals surface area (Å²) >= 11 is 6.02. The van der Waals surface area contributed by atoms with Gasteiger partial charge in [0.05, 0.1) is 19.9 Å². The van der Waals surface area contributed by atoms with E-state index in [0.29, 0.717) is 22.0 Å². The molecule has 2 aromatic carbocycles. The highest BCUT2D eigenvalue weighted by atomic mass is 35.5. The van der Waals surface area contributed by atoms with Crippen LogP contribution in [0.1, 0.15) is 5.56 Å². The van der Waals surface area contributed by atoms with Crippen molar-refractivity contribution in [1.29, 1.82) is 0 Å². The molecule has 5 nitrogen and oxygen atoms in total. The average Bonchev–Trinajstić information content (AvgIpc) is 2.51. The molecule has 0 aromatic heterocycles. The minimum atomic E-state index is -3.84. The lowest BCUT2D eigenvalue weighted by molar-refractivity contribution is 0.392. The number of halogens is 1. The molecule has 0 saturated carbocycles. The van der Waals surface area contributed by atoms with E-state index in [4.69, 9.17) is 21.1 Å². The average molecular weight is 342 g/mol. The van der Waals surface area contributed by atoms with E-state index in [1.807, 2.05) is 0 Å². The second kappa shape index (κ2) is 6.46. The van der Waals surface area contributed by atoms with Gasteiger partial charge in [-0.1, -0.05) is 17.7 Å². The van der Waals surface area contributed by atoms with E-state index in [0.717, 1.165) is 0 Å². The molecule has 1 N–H and O–H groups in total. The van der Waals surface area contributed by atoms with Gasteiger partial charge in [0, 0.05) is 11.1 Å². The Morgan fingerprint density at radius 1 is 1.09 bits per heavy atom. The smallest absolute Gasteiger partial charge is 0.265 e. The Morgan fingerprint density at radius 2 is 1.82 bits per heavy atom. The number of sulfonamides is 1. The summed E-state index contributed by atoms with van der Waals surface area (Å²) in [5.41, 5.74) is 1.06. The molecule has 118 valence electrons. The summed E-state index contributed by atoms with van der Waals surface area (Å²) in [5, 5.41) is 0.484. The van der Waals surface area contributed by atoms with Gasteiger partial charge in [-0.05, 0) is 36.8 Å². The number of anilines is 1. The molecule has 0 aliphatic rings. The molecule has 0 unspecified atom stereocenters. The summed E-state index contributed by atoms with van der Waals surface area (Å²) in [5.74, 6) is 0.650. The molecule has 0 heterocycles. The van der Waals surface area contributed by atoms with Gasteiger partial charge >= 0.3 is 0 Å². The van der Waals surface area contributed by atoms with Crippen molar-refractivity contribution in [1.82, 2.24) is 0 Å².